The van der Waals surface area contributed by atoms with Gasteiger partial charge in [0.15, 0.2) is 5.82 Å². The van der Waals surface area contributed by atoms with E-state index in [4.69, 9.17) is 14.5 Å². The number of rotatable bonds is 4. The maximum Gasteiger partial charge on any atom is 0.164 e. The Morgan fingerprint density at radius 1 is 1.23 bits per heavy atom. The van der Waals surface area contributed by atoms with Gasteiger partial charge in [-0.15, -0.1) is 0 Å². The molecule has 1 N–H and O–H groups in total. The Kier molecular flexibility index (Phi) is 4.96. The first-order valence-electron chi connectivity index (χ1n) is 10.1. The number of aromatic amines is 1. The molecule has 2 saturated heterocycles. The van der Waals surface area contributed by atoms with E-state index in [-0.39, 0.29) is 11.3 Å². The lowest BCUT2D eigenvalue weighted by Crippen LogP contribution is -2.43. The Hall–Kier alpha value is -2.49. The zero-order chi connectivity index (χ0) is 20.7. The van der Waals surface area contributed by atoms with Crippen LogP contribution in [0.4, 0.5) is 11.5 Å². The molecule has 30 heavy (non-hydrogen) atoms. The predicted octanol–water partition coefficient (Wildman–Crippen LogP) is 2.98. The van der Waals surface area contributed by atoms with Gasteiger partial charge in [0.25, 0.3) is 0 Å². The van der Waals surface area contributed by atoms with E-state index < -0.39 is 9.73 Å². The normalized spacial score (nSPS) is 21.9. The minimum atomic E-state index is -2.44. The van der Waals surface area contributed by atoms with Crippen LogP contribution in [-0.2, 0) is 19.2 Å². The number of ether oxygens (including phenoxy) is 2. The number of morpholine rings is 1. The quantitative estimate of drug-likeness (QED) is 0.688. The third kappa shape index (κ3) is 3.57. The van der Waals surface area contributed by atoms with Gasteiger partial charge < -0.3 is 19.4 Å². The van der Waals surface area contributed by atoms with Crippen LogP contribution in [0.5, 0.6) is 0 Å². The highest BCUT2D eigenvalue weighted by atomic mass is 32.2. The lowest BCUT2D eigenvalue weighted by molar-refractivity contribution is 0.0431. The molecule has 0 amide bonds. The number of hydrogen-bond acceptors (Lipinski definition) is 7. The Morgan fingerprint density at radius 2 is 2.10 bits per heavy atom. The van der Waals surface area contributed by atoms with Gasteiger partial charge in [-0.3, -0.25) is 0 Å². The molecule has 5 rings (SSSR count). The minimum absolute atomic E-state index is 0.0500. The highest BCUT2D eigenvalue weighted by molar-refractivity contribution is 7.93. The Bertz CT molecular complexity index is 1200. The van der Waals surface area contributed by atoms with Crippen molar-refractivity contribution in [3.8, 4) is 11.3 Å². The summed E-state index contributed by atoms with van der Waals surface area (Å²) < 4.78 is 28.6. The molecule has 0 bridgehead atoms. The van der Waals surface area contributed by atoms with Crippen molar-refractivity contribution in [3.63, 3.8) is 0 Å². The summed E-state index contributed by atoms with van der Waals surface area (Å²) in [5.74, 6) is 0.487. The topological polar surface area (TPSA) is 92.7 Å². The van der Waals surface area contributed by atoms with Crippen molar-refractivity contribution in [1.82, 2.24) is 15.0 Å². The van der Waals surface area contributed by atoms with E-state index in [1.807, 2.05) is 24.4 Å². The Morgan fingerprint density at radius 3 is 2.87 bits per heavy atom. The van der Waals surface area contributed by atoms with Crippen molar-refractivity contribution < 1.29 is 13.7 Å². The number of H-pyrrole nitrogens is 1. The Balaban J connectivity index is 1.66. The first-order valence-corrected chi connectivity index (χ1v) is 12.1. The molecule has 2 atom stereocenters. The molecule has 1 unspecified atom stereocenters. The molecular formula is C21H25N5O3S. The SMILES string of the molecule is C[C@@H]1COCCN1c1cc(N=S(C)(=O)C2COC2)nc(-c2ccnc3[nH]ccc23)c1. The van der Waals surface area contributed by atoms with E-state index in [1.54, 1.807) is 12.5 Å². The molecular weight excluding hydrogens is 402 g/mol. The average molecular weight is 428 g/mol. The summed E-state index contributed by atoms with van der Waals surface area (Å²) >= 11 is 0. The second kappa shape index (κ2) is 7.64. The standard InChI is InChI=1S/C21H25N5O3S/c1-14-11-28-8-7-26(14)15-9-19(17-3-5-22-21-18(17)4-6-23-21)24-20(10-15)25-30(2,27)16-12-29-13-16/h3-6,9-10,14,16H,7-8,11-13H2,1-2H3,(H,22,23)/t14-,30?/m1/s1. The molecule has 2 aliphatic heterocycles. The van der Waals surface area contributed by atoms with Gasteiger partial charge in [-0.1, -0.05) is 0 Å². The summed E-state index contributed by atoms with van der Waals surface area (Å²) in [4.78, 5) is 14.6. The smallest absolute Gasteiger partial charge is 0.164 e. The number of fused-ring (bicyclic) bond motifs is 1. The largest absolute Gasteiger partial charge is 0.379 e. The van der Waals surface area contributed by atoms with Gasteiger partial charge in [0.1, 0.15) is 5.65 Å². The van der Waals surface area contributed by atoms with E-state index in [9.17, 15) is 4.21 Å². The number of aromatic nitrogens is 3. The van der Waals surface area contributed by atoms with Gasteiger partial charge in [0.2, 0.25) is 0 Å². The fraction of sp³-hybridized carbons (Fsp3) is 0.429. The molecule has 2 aliphatic rings. The highest BCUT2D eigenvalue weighted by Gasteiger charge is 2.28. The van der Waals surface area contributed by atoms with E-state index in [2.05, 4.69) is 32.2 Å². The number of nitrogens with one attached hydrogen (secondary N) is 1. The summed E-state index contributed by atoms with van der Waals surface area (Å²) in [6.45, 7) is 5.25. The van der Waals surface area contributed by atoms with Gasteiger partial charge in [0, 0.05) is 53.9 Å². The predicted molar refractivity (Wildman–Crippen MR) is 118 cm³/mol. The summed E-state index contributed by atoms with van der Waals surface area (Å²) in [6, 6.07) is 8.19. The first kappa shape index (κ1) is 19.5. The van der Waals surface area contributed by atoms with E-state index in [0.29, 0.717) is 32.2 Å². The van der Waals surface area contributed by atoms with Gasteiger partial charge in [0.05, 0.1) is 47.1 Å². The molecule has 8 nitrogen and oxygen atoms in total. The molecule has 0 spiro atoms. The van der Waals surface area contributed by atoms with Gasteiger partial charge in [-0.25, -0.2) is 14.2 Å². The van der Waals surface area contributed by atoms with Crippen molar-refractivity contribution in [2.45, 2.75) is 18.2 Å². The van der Waals surface area contributed by atoms with E-state index in [1.165, 1.54) is 0 Å². The number of pyridine rings is 2. The minimum Gasteiger partial charge on any atom is -0.379 e. The molecule has 9 heteroatoms. The van der Waals surface area contributed by atoms with Crippen LogP contribution in [0.1, 0.15) is 6.92 Å². The number of nitrogens with zero attached hydrogens (tertiary/aromatic N) is 4. The van der Waals surface area contributed by atoms with Gasteiger partial charge in [-0.05, 0) is 25.1 Å². The maximum atomic E-state index is 13.2. The molecule has 5 heterocycles. The summed E-state index contributed by atoms with van der Waals surface area (Å²) in [5.41, 5.74) is 3.57. The van der Waals surface area contributed by atoms with Crippen molar-refractivity contribution in [3.05, 3.63) is 36.7 Å². The van der Waals surface area contributed by atoms with Crippen LogP contribution in [0.25, 0.3) is 22.3 Å². The van der Waals surface area contributed by atoms with Gasteiger partial charge >= 0.3 is 0 Å². The lowest BCUT2D eigenvalue weighted by atomic mass is 10.1. The third-order valence-corrected chi connectivity index (χ3v) is 7.79. The van der Waals surface area contributed by atoms with Crippen molar-refractivity contribution in [2.24, 2.45) is 4.36 Å². The van der Waals surface area contributed by atoms with Crippen LogP contribution in [0.2, 0.25) is 0 Å². The van der Waals surface area contributed by atoms with E-state index >= 15 is 0 Å². The molecule has 3 aromatic rings. The van der Waals surface area contributed by atoms with Crippen LogP contribution in [-0.4, -0.2) is 69.7 Å². The van der Waals surface area contributed by atoms with Crippen molar-refractivity contribution >= 4 is 32.3 Å². The summed E-state index contributed by atoms with van der Waals surface area (Å²) in [6.07, 6.45) is 5.34. The number of hydrogen-bond donors (Lipinski definition) is 1. The third-order valence-electron chi connectivity index (χ3n) is 5.73. The summed E-state index contributed by atoms with van der Waals surface area (Å²) in [5, 5.41) is 0.943. The zero-order valence-electron chi connectivity index (χ0n) is 17.1. The van der Waals surface area contributed by atoms with Gasteiger partial charge in [-0.2, -0.15) is 4.36 Å². The van der Waals surface area contributed by atoms with Crippen LogP contribution < -0.4 is 4.90 Å². The molecule has 3 aromatic heterocycles. The fourth-order valence-corrected chi connectivity index (χ4v) is 5.19. The molecule has 0 saturated carbocycles. The molecule has 0 aromatic carbocycles. The zero-order valence-corrected chi connectivity index (χ0v) is 17.9. The average Bonchev–Trinajstić information content (AvgIpc) is 3.14. The second-order valence-corrected chi connectivity index (χ2v) is 10.5. The maximum absolute atomic E-state index is 13.2. The fourth-order valence-electron chi connectivity index (χ4n) is 3.87. The van der Waals surface area contributed by atoms with Crippen LogP contribution in [0, 0.1) is 0 Å². The molecule has 0 aliphatic carbocycles. The highest BCUT2D eigenvalue weighted by Crippen LogP contribution is 2.33. The second-order valence-electron chi connectivity index (χ2n) is 7.90. The van der Waals surface area contributed by atoms with E-state index in [0.717, 1.165) is 34.5 Å². The van der Waals surface area contributed by atoms with Crippen LogP contribution in [0.3, 0.4) is 0 Å². The summed E-state index contributed by atoms with van der Waals surface area (Å²) in [7, 11) is -2.44. The van der Waals surface area contributed by atoms with Crippen molar-refractivity contribution in [2.75, 3.05) is 44.1 Å². The monoisotopic (exact) mass is 427 g/mol. The molecule has 2 fully saturated rings. The Labute approximate surface area is 175 Å². The molecule has 0 radical (unpaired) electrons. The number of anilines is 1. The van der Waals surface area contributed by atoms with Crippen molar-refractivity contribution in [1.29, 1.82) is 0 Å². The van der Waals surface area contributed by atoms with Crippen LogP contribution >= 0.6 is 0 Å². The lowest BCUT2D eigenvalue weighted by Gasteiger charge is -2.35. The first-order chi connectivity index (χ1) is 14.5. The molecule has 158 valence electrons. The van der Waals surface area contributed by atoms with Crippen LogP contribution in [0.15, 0.2) is 41.0 Å².